The van der Waals surface area contributed by atoms with Crippen LogP contribution in [0.3, 0.4) is 0 Å². The van der Waals surface area contributed by atoms with Gasteiger partial charge in [-0.15, -0.1) is 0 Å². The van der Waals surface area contributed by atoms with E-state index in [1.54, 1.807) is 30.3 Å². The van der Waals surface area contributed by atoms with Crippen LogP contribution in [-0.4, -0.2) is 45.1 Å². The second kappa shape index (κ2) is 10.1. The first-order chi connectivity index (χ1) is 18.4. The molecule has 0 bridgehead atoms. The van der Waals surface area contributed by atoms with Crippen molar-refractivity contribution in [2.24, 2.45) is 0 Å². The predicted molar refractivity (Wildman–Crippen MR) is 126 cm³/mol. The topological polar surface area (TPSA) is 128 Å². The molecule has 16 heteroatoms. The molecule has 3 amide bonds. The Morgan fingerprint density at radius 1 is 1.00 bits per heavy atom. The Bertz CT molecular complexity index is 1310. The monoisotopic (exact) mass is 595 g/mol. The summed E-state index contributed by atoms with van der Waals surface area (Å²) in [6.07, 6.45) is -11.3. The van der Waals surface area contributed by atoms with Crippen LogP contribution in [-0.2, 0) is 32.0 Å². The number of halogens is 6. The van der Waals surface area contributed by atoms with Gasteiger partial charge in [-0.05, 0) is 49.1 Å². The Hall–Kier alpha value is -2.97. The molecule has 218 valence electrons. The molecule has 2 aliphatic rings. The van der Waals surface area contributed by atoms with Gasteiger partial charge in [0.15, 0.2) is 0 Å². The number of rotatable bonds is 6. The van der Waals surface area contributed by atoms with Gasteiger partial charge >= 0.3 is 26.1 Å². The molecule has 4 rings (SSSR count). The lowest BCUT2D eigenvalue weighted by Crippen LogP contribution is -2.64. The first kappa shape index (κ1) is 30.0. The number of urea groups is 1. The van der Waals surface area contributed by atoms with Crippen molar-refractivity contribution in [3.05, 3.63) is 70.8 Å². The van der Waals surface area contributed by atoms with Gasteiger partial charge in [-0.25, -0.2) is 9.36 Å². The minimum absolute atomic E-state index is 0.0254. The van der Waals surface area contributed by atoms with Crippen LogP contribution in [0.5, 0.6) is 0 Å². The molecule has 0 saturated carbocycles. The average molecular weight is 595 g/mol. The molecule has 0 unspecified atom stereocenters. The number of ether oxygens (including phenoxy) is 1. The van der Waals surface area contributed by atoms with E-state index in [4.69, 9.17) is 4.74 Å². The fourth-order valence-electron chi connectivity index (χ4n) is 4.84. The number of amides is 3. The fourth-order valence-corrected chi connectivity index (χ4v) is 5.56. The van der Waals surface area contributed by atoms with E-state index in [0.717, 1.165) is 0 Å². The summed E-state index contributed by atoms with van der Waals surface area (Å²) in [5, 5.41) is 5.41. The van der Waals surface area contributed by atoms with Gasteiger partial charge in [0, 0.05) is 6.54 Å². The maximum absolute atomic E-state index is 13.3. The van der Waals surface area contributed by atoms with Gasteiger partial charge in [0.1, 0.15) is 5.54 Å². The minimum atomic E-state index is -5.24. The molecule has 0 radical (unpaired) electrons. The van der Waals surface area contributed by atoms with Crippen molar-refractivity contribution >= 4 is 19.7 Å². The maximum Gasteiger partial charge on any atom is 0.440 e. The van der Waals surface area contributed by atoms with Crippen molar-refractivity contribution in [2.45, 2.75) is 49.3 Å². The van der Waals surface area contributed by atoms with Crippen LogP contribution in [0.2, 0.25) is 0 Å². The van der Waals surface area contributed by atoms with Crippen LogP contribution in [0.25, 0.3) is 0 Å². The number of carbonyl (C=O) groups is 2. The summed E-state index contributed by atoms with van der Waals surface area (Å²) in [6, 6.07) is 8.41. The van der Waals surface area contributed by atoms with Crippen LogP contribution < -0.4 is 10.6 Å². The molecule has 2 aromatic carbocycles. The number of nitrogens with one attached hydrogen (secondary N) is 2. The third-order valence-electron chi connectivity index (χ3n) is 7.09. The van der Waals surface area contributed by atoms with E-state index in [0.29, 0.717) is 17.7 Å². The van der Waals surface area contributed by atoms with Crippen molar-refractivity contribution in [1.29, 1.82) is 0 Å². The van der Waals surface area contributed by atoms with Gasteiger partial charge in [0.25, 0.3) is 5.91 Å². The molecule has 2 heterocycles. The Balaban J connectivity index is 1.60. The average Bonchev–Trinajstić information content (AvgIpc) is 3.12. The van der Waals surface area contributed by atoms with E-state index in [9.17, 15) is 50.3 Å². The molecule has 2 aromatic rings. The summed E-state index contributed by atoms with van der Waals surface area (Å²) in [7, 11) is -5.24. The molecular formula is C24H24F6N3O6P. The lowest BCUT2D eigenvalue weighted by molar-refractivity contribution is -0.143. The highest BCUT2D eigenvalue weighted by Gasteiger charge is 2.59. The number of hydrogen-bond acceptors (Lipinski definition) is 5. The molecule has 40 heavy (non-hydrogen) atoms. The highest BCUT2D eigenvalue weighted by Crippen LogP contribution is 2.47. The van der Waals surface area contributed by atoms with Crippen molar-refractivity contribution in [3.8, 4) is 0 Å². The SMILES string of the molecule is C[C@@H](OC[C@@]1(c2ccccc2)CC[C@]2(CN1)NC(=O)N(P(=O)(O)O)C2=O)c1cc(C(F)(F)F)cc(C(F)(F)F)c1. The summed E-state index contributed by atoms with van der Waals surface area (Å²) in [5.41, 5.74) is -5.49. The molecule has 2 saturated heterocycles. The van der Waals surface area contributed by atoms with Crippen molar-refractivity contribution in [3.63, 3.8) is 0 Å². The van der Waals surface area contributed by atoms with Gasteiger partial charge in [-0.1, -0.05) is 30.3 Å². The minimum Gasteiger partial charge on any atom is -0.372 e. The number of benzene rings is 2. The van der Waals surface area contributed by atoms with Gasteiger partial charge in [-0.2, -0.15) is 31.0 Å². The third kappa shape index (κ3) is 5.75. The zero-order valence-corrected chi connectivity index (χ0v) is 21.6. The van der Waals surface area contributed by atoms with Gasteiger partial charge < -0.3 is 25.2 Å². The zero-order valence-electron chi connectivity index (χ0n) is 20.7. The van der Waals surface area contributed by atoms with E-state index in [-0.39, 0.29) is 42.3 Å². The van der Waals surface area contributed by atoms with E-state index in [2.05, 4.69) is 10.6 Å². The van der Waals surface area contributed by atoms with Gasteiger partial charge in [-0.3, -0.25) is 4.79 Å². The van der Waals surface area contributed by atoms with Crippen LogP contribution in [0.1, 0.15) is 48.1 Å². The predicted octanol–water partition coefficient (Wildman–Crippen LogP) is 4.46. The fraction of sp³-hybridized carbons (Fsp3) is 0.417. The van der Waals surface area contributed by atoms with Crippen LogP contribution >= 0.6 is 7.75 Å². The van der Waals surface area contributed by atoms with Crippen molar-refractivity contribution in [1.82, 2.24) is 15.3 Å². The Morgan fingerprint density at radius 3 is 2.02 bits per heavy atom. The summed E-state index contributed by atoms with van der Waals surface area (Å²) < 4.78 is 97.4. The van der Waals surface area contributed by atoms with Crippen LogP contribution in [0.15, 0.2) is 48.5 Å². The second-order valence-electron chi connectivity index (χ2n) is 9.74. The van der Waals surface area contributed by atoms with Gasteiger partial charge in [0.05, 0.1) is 29.4 Å². The molecule has 1 spiro atoms. The van der Waals surface area contributed by atoms with E-state index in [1.165, 1.54) is 6.92 Å². The number of imide groups is 1. The summed E-state index contributed by atoms with van der Waals surface area (Å²) in [5.74, 6) is -1.13. The number of piperidine rings is 1. The third-order valence-corrected chi connectivity index (χ3v) is 7.98. The van der Waals surface area contributed by atoms with E-state index >= 15 is 0 Å². The smallest absolute Gasteiger partial charge is 0.372 e. The molecule has 9 nitrogen and oxygen atoms in total. The molecule has 0 aromatic heterocycles. The number of hydrogen-bond donors (Lipinski definition) is 4. The molecule has 2 aliphatic heterocycles. The summed E-state index contributed by atoms with van der Waals surface area (Å²) in [6.45, 7) is 0.746. The van der Waals surface area contributed by atoms with E-state index < -0.39 is 60.3 Å². The molecule has 0 aliphatic carbocycles. The molecule has 4 N–H and O–H groups in total. The summed E-state index contributed by atoms with van der Waals surface area (Å²) in [4.78, 5) is 43.9. The Labute approximate surface area is 223 Å². The Kier molecular flexibility index (Phi) is 7.61. The van der Waals surface area contributed by atoms with Crippen LogP contribution in [0.4, 0.5) is 31.1 Å². The van der Waals surface area contributed by atoms with Gasteiger partial charge in [0.2, 0.25) is 0 Å². The highest BCUT2D eigenvalue weighted by molar-refractivity contribution is 7.50. The highest BCUT2D eigenvalue weighted by atomic mass is 31.2. The van der Waals surface area contributed by atoms with Crippen molar-refractivity contribution < 1.29 is 55.0 Å². The number of nitrogens with zero attached hydrogens (tertiary/aromatic N) is 1. The molecule has 2 fully saturated rings. The largest absolute Gasteiger partial charge is 0.440 e. The number of alkyl halides is 6. The second-order valence-corrected chi connectivity index (χ2v) is 11.2. The first-order valence-corrected chi connectivity index (χ1v) is 13.4. The van der Waals surface area contributed by atoms with Crippen molar-refractivity contribution in [2.75, 3.05) is 13.2 Å². The lowest BCUT2D eigenvalue weighted by atomic mass is 9.76. The summed E-state index contributed by atoms with van der Waals surface area (Å²) >= 11 is 0. The first-order valence-electron chi connectivity index (χ1n) is 11.8. The lowest BCUT2D eigenvalue weighted by Gasteiger charge is -2.45. The Morgan fingerprint density at radius 2 is 1.57 bits per heavy atom. The molecular weight excluding hydrogens is 571 g/mol. The number of carbonyl (C=O) groups excluding carboxylic acids is 2. The zero-order chi connectivity index (χ0) is 29.7. The maximum atomic E-state index is 13.3. The molecule has 3 atom stereocenters. The van der Waals surface area contributed by atoms with E-state index in [1.807, 2.05) is 0 Å². The van der Waals surface area contributed by atoms with Crippen LogP contribution in [0, 0.1) is 0 Å². The standard InChI is InChI=1S/C24H24F6N3O6P/c1-14(15-9-17(23(25,26)27)11-18(10-15)24(28,29)30)39-13-22(16-5-3-2-4-6-16)8-7-21(12-31-22)19(34)33(20(35)32-21)40(36,37)38/h2-6,9-11,14,31H,7-8,12-13H2,1H3,(H,32,35)(H2,36,37,38)/t14-,21-,22-/m1/s1. The quantitative estimate of drug-likeness (QED) is 0.221. The normalized spacial score (nSPS) is 24.9.